The van der Waals surface area contributed by atoms with E-state index in [1.54, 1.807) is 0 Å². The lowest BCUT2D eigenvalue weighted by atomic mass is 10.0. The quantitative estimate of drug-likeness (QED) is 0.0222. The summed E-state index contributed by atoms with van der Waals surface area (Å²) in [5.41, 5.74) is 0. The van der Waals surface area contributed by atoms with E-state index < -0.39 is 97.5 Å². The second-order valence-electron chi connectivity index (χ2n) is 20.1. The molecule has 0 radical (unpaired) electrons. The molecule has 5 atom stereocenters. The summed E-state index contributed by atoms with van der Waals surface area (Å²) >= 11 is 0. The second kappa shape index (κ2) is 48.4. The van der Waals surface area contributed by atoms with Gasteiger partial charge in [0.1, 0.15) is 19.3 Å². The molecule has 0 saturated heterocycles. The van der Waals surface area contributed by atoms with Crippen LogP contribution in [0.4, 0.5) is 0 Å². The van der Waals surface area contributed by atoms with Crippen LogP contribution in [0, 0.1) is 5.92 Å². The maximum atomic E-state index is 12.9. The molecular formula is C54H104O17P2. The summed E-state index contributed by atoms with van der Waals surface area (Å²) < 4.78 is 67.1. The molecule has 19 heteroatoms. The highest BCUT2D eigenvalue weighted by molar-refractivity contribution is 7.47. The van der Waals surface area contributed by atoms with E-state index >= 15 is 0 Å². The zero-order valence-electron chi connectivity index (χ0n) is 46.3. The number of aliphatic hydroxyl groups is 1. The van der Waals surface area contributed by atoms with Crippen molar-refractivity contribution >= 4 is 39.5 Å². The first-order valence-corrected chi connectivity index (χ1v) is 31.6. The standard InChI is InChI=1S/C54H104O17P2/c1-6-9-12-15-16-17-18-21-24-29-33-38-52(57)65-44-50(71-54(59)40-35-30-25-22-19-20-23-28-31-36-47(4)5)46-69-73(62,63)67-42-48(55)41-66-72(60,61)68-45-49(70-53(58)39-34-27-14-11-8-3)43-64-51(56)37-32-26-13-10-7-2/h47-50,55H,6-46H2,1-5H3,(H,60,61)(H,62,63)/t48-,49+,50+/m0/s1. The summed E-state index contributed by atoms with van der Waals surface area (Å²) in [6, 6.07) is 0. The van der Waals surface area contributed by atoms with Crippen LogP contribution in [0.1, 0.15) is 259 Å². The molecule has 0 aliphatic carbocycles. The van der Waals surface area contributed by atoms with Crippen molar-refractivity contribution in [2.75, 3.05) is 39.6 Å². The van der Waals surface area contributed by atoms with Crippen LogP contribution in [0.2, 0.25) is 0 Å². The van der Waals surface area contributed by atoms with Crippen molar-refractivity contribution in [1.29, 1.82) is 0 Å². The lowest BCUT2D eigenvalue weighted by molar-refractivity contribution is -0.161. The van der Waals surface area contributed by atoms with Gasteiger partial charge in [-0.25, -0.2) is 9.13 Å². The first kappa shape index (κ1) is 71.1. The van der Waals surface area contributed by atoms with Crippen molar-refractivity contribution in [2.24, 2.45) is 5.92 Å². The fourth-order valence-corrected chi connectivity index (χ4v) is 9.39. The van der Waals surface area contributed by atoms with Crippen molar-refractivity contribution in [2.45, 2.75) is 278 Å². The number of unbranched alkanes of at least 4 members (excludes halogenated alkanes) is 26. The molecule has 0 heterocycles. The monoisotopic (exact) mass is 1090 g/mol. The predicted molar refractivity (Wildman–Crippen MR) is 285 cm³/mol. The summed E-state index contributed by atoms with van der Waals surface area (Å²) in [6.45, 7) is 6.90. The third-order valence-electron chi connectivity index (χ3n) is 12.3. The predicted octanol–water partition coefficient (Wildman–Crippen LogP) is 13.9. The molecule has 0 amide bonds. The van der Waals surface area contributed by atoms with E-state index in [4.69, 9.17) is 37.0 Å². The number of phosphoric ester groups is 2. The van der Waals surface area contributed by atoms with Crippen molar-refractivity contribution in [3.05, 3.63) is 0 Å². The van der Waals surface area contributed by atoms with Crippen LogP contribution < -0.4 is 0 Å². The molecule has 432 valence electrons. The Morgan fingerprint density at radius 3 is 0.932 bits per heavy atom. The zero-order valence-corrected chi connectivity index (χ0v) is 48.0. The molecule has 0 aromatic heterocycles. The van der Waals surface area contributed by atoms with Crippen molar-refractivity contribution in [3.63, 3.8) is 0 Å². The molecule has 0 bridgehead atoms. The molecular weight excluding hydrogens is 983 g/mol. The highest BCUT2D eigenvalue weighted by Crippen LogP contribution is 2.45. The van der Waals surface area contributed by atoms with E-state index in [-0.39, 0.29) is 25.7 Å². The van der Waals surface area contributed by atoms with Gasteiger partial charge in [0, 0.05) is 25.7 Å². The molecule has 0 aliphatic heterocycles. The van der Waals surface area contributed by atoms with Crippen LogP contribution >= 0.6 is 15.6 Å². The van der Waals surface area contributed by atoms with Gasteiger partial charge >= 0.3 is 39.5 Å². The second-order valence-corrected chi connectivity index (χ2v) is 23.0. The van der Waals surface area contributed by atoms with Crippen molar-refractivity contribution in [3.8, 4) is 0 Å². The Kier molecular flexibility index (Phi) is 47.1. The van der Waals surface area contributed by atoms with Gasteiger partial charge in [-0.1, -0.05) is 208 Å². The molecule has 73 heavy (non-hydrogen) atoms. The minimum absolute atomic E-state index is 0.0986. The number of aliphatic hydroxyl groups excluding tert-OH is 1. The summed E-state index contributed by atoms with van der Waals surface area (Å²) in [6.07, 6.45) is 28.7. The van der Waals surface area contributed by atoms with Gasteiger partial charge in [0.25, 0.3) is 0 Å². The number of hydrogen-bond acceptors (Lipinski definition) is 15. The average Bonchev–Trinajstić information content (AvgIpc) is 3.35. The van der Waals surface area contributed by atoms with E-state index in [9.17, 15) is 43.2 Å². The fourth-order valence-electron chi connectivity index (χ4n) is 7.81. The summed E-state index contributed by atoms with van der Waals surface area (Å²) in [4.78, 5) is 71.2. The zero-order chi connectivity index (χ0) is 54.3. The number of phosphoric acid groups is 2. The van der Waals surface area contributed by atoms with Crippen LogP contribution in [0.3, 0.4) is 0 Å². The van der Waals surface area contributed by atoms with Crippen molar-refractivity contribution in [1.82, 2.24) is 0 Å². The van der Waals surface area contributed by atoms with E-state index in [1.165, 1.54) is 77.0 Å². The van der Waals surface area contributed by atoms with Crippen molar-refractivity contribution < 1.29 is 80.2 Å². The third kappa shape index (κ3) is 49.4. The molecule has 3 N–H and O–H groups in total. The number of rotatable bonds is 54. The Morgan fingerprint density at radius 1 is 0.370 bits per heavy atom. The van der Waals surface area contributed by atoms with Crippen LogP contribution in [0.25, 0.3) is 0 Å². The highest BCUT2D eigenvalue weighted by atomic mass is 31.2. The first-order chi connectivity index (χ1) is 35.0. The summed E-state index contributed by atoms with van der Waals surface area (Å²) in [5, 5.41) is 10.4. The minimum Gasteiger partial charge on any atom is -0.462 e. The Bertz CT molecular complexity index is 1450. The minimum atomic E-state index is -4.93. The highest BCUT2D eigenvalue weighted by Gasteiger charge is 2.30. The summed E-state index contributed by atoms with van der Waals surface area (Å²) in [5.74, 6) is -1.43. The number of carbonyl (C=O) groups is 4. The van der Waals surface area contributed by atoms with Crippen LogP contribution in [-0.4, -0.2) is 96.7 Å². The van der Waals surface area contributed by atoms with Gasteiger partial charge in [0.05, 0.1) is 26.4 Å². The number of ether oxygens (including phenoxy) is 4. The fraction of sp³-hybridized carbons (Fsp3) is 0.926. The van der Waals surface area contributed by atoms with Gasteiger partial charge in [-0.05, 0) is 31.6 Å². The Morgan fingerprint density at radius 2 is 0.630 bits per heavy atom. The maximum Gasteiger partial charge on any atom is 0.472 e. The molecule has 0 aliphatic rings. The normalized spacial score (nSPS) is 14.5. The van der Waals surface area contributed by atoms with Gasteiger partial charge in [-0.2, -0.15) is 0 Å². The average molecular weight is 1090 g/mol. The Hall–Kier alpha value is -1.94. The molecule has 17 nitrogen and oxygen atoms in total. The van der Waals surface area contributed by atoms with Gasteiger partial charge in [0.2, 0.25) is 0 Å². The lowest BCUT2D eigenvalue weighted by Crippen LogP contribution is -2.30. The van der Waals surface area contributed by atoms with Gasteiger partial charge in [0.15, 0.2) is 12.2 Å². The largest absolute Gasteiger partial charge is 0.472 e. The number of hydrogen-bond donors (Lipinski definition) is 3. The van der Waals surface area contributed by atoms with Crippen LogP contribution in [0.5, 0.6) is 0 Å². The smallest absolute Gasteiger partial charge is 0.462 e. The molecule has 0 saturated carbocycles. The first-order valence-electron chi connectivity index (χ1n) is 28.6. The molecule has 0 aromatic rings. The number of esters is 4. The molecule has 0 fully saturated rings. The lowest BCUT2D eigenvalue weighted by Gasteiger charge is -2.21. The summed E-state index contributed by atoms with van der Waals surface area (Å²) in [7, 11) is -9.85. The molecule has 0 aromatic carbocycles. The number of carbonyl (C=O) groups excluding carboxylic acids is 4. The SMILES string of the molecule is CCCCCCCCCCCCCC(=O)OC[C@H](COP(=O)(O)OC[C@@H](O)COP(=O)(O)OC[C@@H](COC(=O)CCCCCCC)OC(=O)CCCCCCC)OC(=O)CCCCCCCCCCCC(C)C. The molecule has 2 unspecified atom stereocenters. The third-order valence-corrected chi connectivity index (χ3v) is 14.2. The van der Waals surface area contributed by atoms with E-state index in [0.29, 0.717) is 25.7 Å². The van der Waals surface area contributed by atoms with Crippen LogP contribution in [0.15, 0.2) is 0 Å². The van der Waals surface area contributed by atoms with Crippen LogP contribution in [-0.2, 0) is 65.4 Å². The maximum absolute atomic E-state index is 12.9. The topological polar surface area (TPSA) is 237 Å². The molecule has 0 spiro atoms. The Labute approximate surface area is 441 Å². The van der Waals surface area contributed by atoms with E-state index in [2.05, 4.69) is 34.6 Å². The van der Waals surface area contributed by atoms with Gasteiger partial charge < -0.3 is 33.8 Å². The van der Waals surface area contributed by atoms with E-state index in [1.807, 2.05) is 0 Å². The van der Waals surface area contributed by atoms with Gasteiger partial charge in [-0.3, -0.25) is 37.3 Å². The van der Waals surface area contributed by atoms with E-state index in [0.717, 1.165) is 102 Å². The van der Waals surface area contributed by atoms with Gasteiger partial charge in [-0.15, -0.1) is 0 Å². The Balaban J connectivity index is 5.15. The molecule has 0 rings (SSSR count).